The van der Waals surface area contributed by atoms with Gasteiger partial charge in [-0.1, -0.05) is 0 Å². The van der Waals surface area contributed by atoms with Crippen LogP contribution in [-0.4, -0.2) is 74.0 Å². The summed E-state index contributed by atoms with van der Waals surface area (Å²) in [6, 6.07) is 2.55. The number of hydrogen-bond donors (Lipinski definition) is 0. The number of carbonyl (C=O) groups excluding carboxylic acids is 2. The lowest BCUT2D eigenvalue weighted by atomic mass is 10.0. The van der Waals surface area contributed by atoms with Gasteiger partial charge in [-0.2, -0.15) is 0 Å². The molecule has 0 radical (unpaired) electrons. The zero-order valence-electron chi connectivity index (χ0n) is 14.8. The van der Waals surface area contributed by atoms with E-state index in [9.17, 15) is 26.8 Å². The molecule has 2 aliphatic rings. The summed E-state index contributed by atoms with van der Waals surface area (Å²) in [5.74, 6) is -3.32. The van der Waals surface area contributed by atoms with Crippen LogP contribution in [0.1, 0.15) is 23.2 Å². The molecule has 0 saturated carbocycles. The van der Waals surface area contributed by atoms with Gasteiger partial charge in [0.15, 0.2) is 9.84 Å². The highest BCUT2D eigenvalue weighted by atomic mass is 32.2. The van der Waals surface area contributed by atoms with E-state index >= 15 is 0 Å². The summed E-state index contributed by atoms with van der Waals surface area (Å²) < 4.78 is 57.0. The topological polar surface area (TPSA) is 84.0 Å². The van der Waals surface area contributed by atoms with Crippen molar-refractivity contribution >= 4 is 21.7 Å². The smallest absolute Gasteiger partial charge is 0.254 e. The lowest BCUT2D eigenvalue weighted by Crippen LogP contribution is -2.57. The Morgan fingerprint density at radius 3 is 2.33 bits per heavy atom. The van der Waals surface area contributed by atoms with Crippen LogP contribution in [-0.2, 0) is 19.4 Å². The van der Waals surface area contributed by atoms with Crippen LogP contribution in [0, 0.1) is 11.6 Å². The third-order valence-electron chi connectivity index (χ3n) is 5.15. The lowest BCUT2D eigenvalue weighted by molar-refractivity contribution is -0.131. The molecule has 1 aromatic carbocycles. The second kappa shape index (κ2) is 7.16. The minimum atomic E-state index is -3.70. The molecule has 148 valence electrons. The molecule has 0 aliphatic carbocycles. The first-order valence-electron chi connectivity index (χ1n) is 8.47. The van der Waals surface area contributed by atoms with Crippen LogP contribution in [0.4, 0.5) is 8.78 Å². The van der Waals surface area contributed by atoms with Gasteiger partial charge < -0.3 is 14.5 Å². The number of benzene rings is 1. The minimum Gasteiger partial charge on any atom is -0.383 e. The van der Waals surface area contributed by atoms with E-state index in [2.05, 4.69) is 0 Å². The van der Waals surface area contributed by atoms with E-state index in [0.29, 0.717) is 6.07 Å². The predicted octanol–water partition coefficient (Wildman–Crippen LogP) is 0.801. The first kappa shape index (κ1) is 19.7. The van der Waals surface area contributed by atoms with E-state index in [1.807, 2.05) is 0 Å². The molecule has 27 heavy (non-hydrogen) atoms. The van der Waals surface area contributed by atoms with E-state index in [4.69, 9.17) is 4.74 Å². The van der Waals surface area contributed by atoms with Crippen molar-refractivity contribution in [2.45, 2.75) is 17.7 Å². The molecule has 2 fully saturated rings. The van der Waals surface area contributed by atoms with Crippen LogP contribution in [0.5, 0.6) is 0 Å². The summed E-state index contributed by atoms with van der Waals surface area (Å²) in [6.45, 7) is 0.478. The molecular formula is C17H20F2N2O5S. The van der Waals surface area contributed by atoms with E-state index < -0.39 is 43.9 Å². The monoisotopic (exact) mass is 402 g/mol. The third-order valence-corrected chi connectivity index (χ3v) is 7.56. The Labute approximate surface area is 155 Å². The Morgan fingerprint density at radius 1 is 1.19 bits per heavy atom. The van der Waals surface area contributed by atoms with E-state index in [-0.39, 0.29) is 44.6 Å². The molecule has 0 unspecified atom stereocenters. The highest BCUT2D eigenvalue weighted by molar-refractivity contribution is 7.93. The molecule has 0 N–H and O–H groups in total. The van der Waals surface area contributed by atoms with Crippen molar-refractivity contribution in [1.29, 1.82) is 0 Å². The van der Waals surface area contributed by atoms with Gasteiger partial charge in [0, 0.05) is 51.2 Å². The molecule has 0 bridgehead atoms. The third kappa shape index (κ3) is 3.43. The van der Waals surface area contributed by atoms with Crippen molar-refractivity contribution < 1.29 is 31.5 Å². The number of carbonyl (C=O) groups is 2. The summed E-state index contributed by atoms with van der Waals surface area (Å²) in [4.78, 5) is 26.1. The van der Waals surface area contributed by atoms with Gasteiger partial charge in [-0.05, 0) is 12.1 Å². The van der Waals surface area contributed by atoms with Gasteiger partial charge in [-0.25, -0.2) is 17.2 Å². The molecule has 1 spiro atoms. The van der Waals surface area contributed by atoms with Crippen LogP contribution in [0.2, 0.25) is 0 Å². The number of ether oxygens (including phenoxy) is 1. The van der Waals surface area contributed by atoms with Gasteiger partial charge in [-0.15, -0.1) is 0 Å². The molecule has 2 amide bonds. The van der Waals surface area contributed by atoms with E-state index in [1.54, 1.807) is 0 Å². The number of halogens is 2. The maximum atomic E-state index is 13.4. The largest absolute Gasteiger partial charge is 0.383 e. The second-order valence-electron chi connectivity index (χ2n) is 6.69. The van der Waals surface area contributed by atoms with E-state index in [0.717, 1.165) is 12.1 Å². The highest BCUT2D eigenvalue weighted by Gasteiger charge is 2.58. The van der Waals surface area contributed by atoms with Crippen LogP contribution in [0.25, 0.3) is 0 Å². The summed E-state index contributed by atoms with van der Waals surface area (Å²) in [5, 5.41) is 0. The standard InChI is InChI=1S/C17H20F2N2O5S/c1-26-7-6-21-15(22)11-27(24,25)17(21)2-4-20(5-3-17)16(23)12-8-13(18)10-14(19)9-12/h8-10H,2-7,11H2,1H3. The van der Waals surface area contributed by atoms with Crippen LogP contribution >= 0.6 is 0 Å². The summed E-state index contributed by atoms with van der Waals surface area (Å²) in [5.41, 5.74) is -0.134. The number of likely N-dealkylation sites (tertiary alicyclic amines) is 1. The molecule has 2 saturated heterocycles. The molecule has 0 aromatic heterocycles. The van der Waals surface area contributed by atoms with Crippen LogP contribution in [0.3, 0.4) is 0 Å². The fourth-order valence-corrected chi connectivity index (χ4v) is 5.86. The maximum Gasteiger partial charge on any atom is 0.254 e. The first-order valence-corrected chi connectivity index (χ1v) is 10.1. The Hall–Kier alpha value is -2.07. The summed E-state index contributed by atoms with van der Waals surface area (Å²) in [7, 11) is -2.24. The molecule has 2 heterocycles. The molecule has 2 aliphatic heterocycles. The normalized spacial score (nSPS) is 21.1. The number of sulfone groups is 1. The summed E-state index contributed by atoms with van der Waals surface area (Å²) >= 11 is 0. The van der Waals surface area contributed by atoms with Crippen LogP contribution < -0.4 is 0 Å². The van der Waals surface area contributed by atoms with Gasteiger partial charge in [0.2, 0.25) is 5.91 Å². The first-order chi connectivity index (χ1) is 12.7. The number of methoxy groups -OCH3 is 1. The van der Waals surface area contributed by atoms with Gasteiger partial charge in [0.25, 0.3) is 5.91 Å². The Balaban J connectivity index is 1.80. The maximum absolute atomic E-state index is 13.4. The van der Waals surface area contributed by atoms with Crippen molar-refractivity contribution in [2.24, 2.45) is 0 Å². The molecule has 10 heteroatoms. The molecule has 0 atom stereocenters. The second-order valence-corrected chi connectivity index (χ2v) is 8.97. The fraction of sp³-hybridized carbons (Fsp3) is 0.529. The van der Waals surface area contributed by atoms with Crippen LogP contribution in [0.15, 0.2) is 18.2 Å². The number of hydrogen-bond acceptors (Lipinski definition) is 5. The lowest BCUT2D eigenvalue weighted by Gasteiger charge is -2.43. The molecular weight excluding hydrogens is 382 g/mol. The van der Waals surface area contributed by atoms with Crippen molar-refractivity contribution in [3.8, 4) is 0 Å². The number of amides is 2. The quantitative estimate of drug-likeness (QED) is 0.744. The Bertz CT molecular complexity index is 846. The molecule has 3 rings (SSSR count). The van der Waals surface area contributed by atoms with Crippen molar-refractivity contribution in [2.75, 3.05) is 39.1 Å². The average molecular weight is 402 g/mol. The minimum absolute atomic E-state index is 0.0499. The SMILES string of the molecule is COCCN1C(=O)CS(=O)(=O)C12CCN(C(=O)c1cc(F)cc(F)c1)CC2. The zero-order chi connectivity index (χ0) is 19.8. The van der Waals surface area contributed by atoms with Gasteiger partial charge >= 0.3 is 0 Å². The molecule has 7 nitrogen and oxygen atoms in total. The summed E-state index contributed by atoms with van der Waals surface area (Å²) in [6.07, 6.45) is 0.0999. The Morgan fingerprint density at radius 2 is 1.78 bits per heavy atom. The number of nitrogens with zero attached hydrogens (tertiary/aromatic N) is 2. The van der Waals surface area contributed by atoms with Crippen molar-refractivity contribution in [1.82, 2.24) is 9.80 Å². The fourth-order valence-electron chi connectivity index (χ4n) is 3.78. The Kier molecular flexibility index (Phi) is 5.22. The van der Waals surface area contributed by atoms with Gasteiger partial charge in [0.05, 0.1) is 6.61 Å². The highest BCUT2D eigenvalue weighted by Crippen LogP contribution is 2.40. The van der Waals surface area contributed by atoms with Crippen molar-refractivity contribution in [3.05, 3.63) is 35.4 Å². The number of rotatable bonds is 4. The molecule has 1 aromatic rings. The van der Waals surface area contributed by atoms with Crippen molar-refractivity contribution in [3.63, 3.8) is 0 Å². The van der Waals surface area contributed by atoms with Gasteiger partial charge in [0.1, 0.15) is 22.3 Å². The number of piperidine rings is 1. The van der Waals surface area contributed by atoms with E-state index in [1.165, 1.54) is 16.9 Å². The zero-order valence-corrected chi connectivity index (χ0v) is 15.6. The predicted molar refractivity (Wildman–Crippen MR) is 91.6 cm³/mol. The van der Waals surface area contributed by atoms with Gasteiger partial charge in [-0.3, -0.25) is 9.59 Å². The average Bonchev–Trinajstić information content (AvgIpc) is 2.77.